The highest BCUT2D eigenvalue weighted by Gasteiger charge is 2.12. The minimum atomic E-state index is -0.249. The van der Waals surface area contributed by atoms with Gasteiger partial charge in [-0.05, 0) is 44.7 Å². The SMILES string of the molecule is CCCCOC(COC(C)CCCOc1ccccc1)OCCCC. The van der Waals surface area contributed by atoms with Crippen LogP contribution in [0.3, 0.4) is 0 Å². The molecule has 0 aliphatic rings. The monoisotopic (exact) mass is 352 g/mol. The highest BCUT2D eigenvalue weighted by atomic mass is 16.7. The van der Waals surface area contributed by atoms with Crippen LogP contribution in [0.25, 0.3) is 0 Å². The maximum absolute atomic E-state index is 5.91. The van der Waals surface area contributed by atoms with Gasteiger partial charge in [-0.25, -0.2) is 0 Å². The molecule has 25 heavy (non-hydrogen) atoms. The quantitative estimate of drug-likeness (QED) is 0.302. The molecule has 1 rings (SSSR count). The van der Waals surface area contributed by atoms with Crippen LogP contribution in [0.5, 0.6) is 5.75 Å². The fourth-order valence-corrected chi connectivity index (χ4v) is 2.27. The van der Waals surface area contributed by atoms with Gasteiger partial charge in [-0.1, -0.05) is 44.9 Å². The summed E-state index contributed by atoms with van der Waals surface area (Å²) in [5.74, 6) is 0.921. The predicted octanol–water partition coefficient (Wildman–Crippen LogP) is 5.21. The first kappa shape index (κ1) is 21.9. The van der Waals surface area contributed by atoms with E-state index in [0.29, 0.717) is 13.2 Å². The van der Waals surface area contributed by atoms with E-state index in [1.54, 1.807) is 0 Å². The van der Waals surface area contributed by atoms with E-state index in [-0.39, 0.29) is 12.4 Å². The second kappa shape index (κ2) is 15.2. The van der Waals surface area contributed by atoms with Crippen LogP contribution in [0, 0.1) is 0 Å². The van der Waals surface area contributed by atoms with Crippen LogP contribution in [-0.2, 0) is 14.2 Å². The number of benzene rings is 1. The Bertz CT molecular complexity index is 386. The van der Waals surface area contributed by atoms with E-state index >= 15 is 0 Å². The predicted molar refractivity (Wildman–Crippen MR) is 102 cm³/mol. The lowest BCUT2D eigenvalue weighted by Crippen LogP contribution is -2.27. The molecule has 0 bridgehead atoms. The highest BCUT2D eigenvalue weighted by molar-refractivity contribution is 5.20. The van der Waals surface area contributed by atoms with E-state index in [2.05, 4.69) is 20.8 Å². The molecule has 0 heterocycles. The fraction of sp³-hybridized carbons (Fsp3) is 0.714. The van der Waals surface area contributed by atoms with Crippen molar-refractivity contribution in [3.63, 3.8) is 0 Å². The molecule has 0 saturated heterocycles. The van der Waals surface area contributed by atoms with Crippen molar-refractivity contribution in [2.75, 3.05) is 26.4 Å². The molecule has 0 aliphatic heterocycles. The van der Waals surface area contributed by atoms with E-state index in [4.69, 9.17) is 18.9 Å². The van der Waals surface area contributed by atoms with Gasteiger partial charge in [0.1, 0.15) is 5.75 Å². The maximum atomic E-state index is 5.91. The first-order valence-corrected chi connectivity index (χ1v) is 9.78. The maximum Gasteiger partial charge on any atom is 0.180 e. The molecule has 0 radical (unpaired) electrons. The minimum Gasteiger partial charge on any atom is -0.494 e. The van der Waals surface area contributed by atoms with Gasteiger partial charge in [-0.2, -0.15) is 0 Å². The Kier molecular flexibility index (Phi) is 13.3. The average molecular weight is 353 g/mol. The normalized spacial score (nSPS) is 12.5. The first-order valence-electron chi connectivity index (χ1n) is 9.78. The number of hydrogen-bond donors (Lipinski definition) is 0. The van der Waals surface area contributed by atoms with Gasteiger partial charge in [-0.3, -0.25) is 0 Å². The number of unbranched alkanes of at least 4 members (excludes halogenated alkanes) is 2. The van der Waals surface area contributed by atoms with Gasteiger partial charge in [0, 0.05) is 13.2 Å². The molecule has 4 nitrogen and oxygen atoms in total. The van der Waals surface area contributed by atoms with Crippen molar-refractivity contribution in [3.05, 3.63) is 30.3 Å². The Morgan fingerprint density at radius 1 is 0.800 bits per heavy atom. The van der Waals surface area contributed by atoms with E-state index in [1.165, 1.54) is 0 Å². The lowest BCUT2D eigenvalue weighted by Gasteiger charge is -2.21. The number of rotatable bonds is 16. The van der Waals surface area contributed by atoms with Gasteiger partial charge < -0.3 is 18.9 Å². The second-order valence-electron chi connectivity index (χ2n) is 6.33. The molecular weight excluding hydrogens is 316 g/mol. The van der Waals surface area contributed by atoms with Crippen LogP contribution in [-0.4, -0.2) is 38.8 Å². The lowest BCUT2D eigenvalue weighted by atomic mass is 10.2. The van der Waals surface area contributed by atoms with Crippen LogP contribution < -0.4 is 4.74 Å². The molecule has 1 unspecified atom stereocenters. The molecule has 0 N–H and O–H groups in total. The van der Waals surface area contributed by atoms with Crippen LogP contribution in [0.1, 0.15) is 59.3 Å². The van der Waals surface area contributed by atoms with E-state index in [1.807, 2.05) is 30.3 Å². The smallest absolute Gasteiger partial charge is 0.180 e. The molecule has 0 spiro atoms. The third-order valence-electron chi connectivity index (χ3n) is 3.89. The Morgan fingerprint density at radius 2 is 1.44 bits per heavy atom. The van der Waals surface area contributed by atoms with Crippen molar-refractivity contribution < 1.29 is 18.9 Å². The zero-order chi connectivity index (χ0) is 18.2. The van der Waals surface area contributed by atoms with Gasteiger partial charge in [0.25, 0.3) is 0 Å². The van der Waals surface area contributed by atoms with Crippen LogP contribution in [0.15, 0.2) is 30.3 Å². The average Bonchev–Trinajstić information content (AvgIpc) is 2.64. The first-order chi connectivity index (χ1) is 12.3. The lowest BCUT2D eigenvalue weighted by molar-refractivity contribution is -0.181. The molecule has 0 fully saturated rings. The summed E-state index contributed by atoms with van der Waals surface area (Å²) in [6.07, 6.45) is 6.21. The van der Waals surface area contributed by atoms with Crippen molar-refractivity contribution in [2.24, 2.45) is 0 Å². The van der Waals surface area contributed by atoms with Crippen molar-refractivity contribution >= 4 is 0 Å². The van der Waals surface area contributed by atoms with E-state index in [0.717, 1.165) is 57.5 Å². The molecule has 1 aromatic carbocycles. The number of para-hydroxylation sites is 1. The summed E-state index contributed by atoms with van der Waals surface area (Å²) < 4.78 is 23.2. The molecule has 1 aromatic rings. The molecule has 4 heteroatoms. The zero-order valence-corrected chi connectivity index (χ0v) is 16.2. The molecule has 0 saturated carbocycles. The summed E-state index contributed by atoms with van der Waals surface area (Å²) >= 11 is 0. The summed E-state index contributed by atoms with van der Waals surface area (Å²) in [6.45, 7) is 9.08. The van der Waals surface area contributed by atoms with Gasteiger partial charge in [0.05, 0.1) is 19.3 Å². The van der Waals surface area contributed by atoms with E-state index in [9.17, 15) is 0 Å². The van der Waals surface area contributed by atoms with Gasteiger partial charge in [0.15, 0.2) is 6.29 Å². The molecule has 144 valence electrons. The minimum absolute atomic E-state index is 0.173. The van der Waals surface area contributed by atoms with Crippen molar-refractivity contribution in [2.45, 2.75) is 71.7 Å². The molecule has 0 aliphatic carbocycles. The van der Waals surface area contributed by atoms with Gasteiger partial charge in [0.2, 0.25) is 0 Å². The standard InChI is InChI=1S/C21H36O4/c1-4-6-15-23-21(24-16-7-5-2)18-25-19(3)12-11-17-22-20-13-9-8-10-14-20/h8-10,13-14,19,21H,4-7,11-12,15-18H2,1-3H3. The van der Waals surface area contributed by atoms with Gasteiger partial charge in [-0.15, -0.1) is 0 Å². The van der Waals surface area contributed by atoms with Crippen LogP contribution >= 0.6 is 0 Å². The van der Waals surface area contributed by atoms with Crippen molar-refractivity contribution in [1.29, 1.82) is 0 Å². The fourth-order valence-electron chi connectivity index (χ4n) is 2.27. The molecule has 0 aromatic heterocycles. The topological polar surface area (TPSA) is 36.9 Å². The second-order valence-corrected chi connectivity index (χ2v) is 6.33. The number of hydrogen-bond acceptors (Lipinski definition) is 4. The van der Waals surface area contributed by atoms with Crippen LogP contribution in [0.2, 0.25) is 0 Å². The summed E-state index contributed by atoms with van der Waals surface area (Å²) in [5, 5.41) is 0. The summed E-state index contributed by atoms with van der Waals surface area (Å²) in [6, 6.07) is 9.92. The van der Waals surface area contributed by atoms with Gasteiger partial charge >= 0.3 is 0 Å². The van der Waals surface area contributed by atoms with E-state index < -0.39 is 0 Å². The Morgan fingerprint density at radius 3 is 2.04 bits per heavy atom. The highest BCUT2D eigenvalue weighted by Crippen LogP contribution is 2.11. The largest absolute Gasteiger partial charge is 0.494 e. The summed E-state index contributed by atoms with van der Waals surface area (Å²) in [7, 11) is 0. The van der Waals surface area contributed by atoms with Crippen LogP contribution in [0.4, 0.5) is 0 Å². The number of ether oxygens (including phenoxy) is 4. The summed E-state index contributed by atoms with van der Waals surface area (Å²) in [5.41, 5.74) is 0. The Hall–Kier alpha value is -1.10. The zero-order valence-electron chi connectivity index (χ0n) is 16.2. The Labute approximate surface area is 153 Å². The summed E-state index contributed by atoms with van der Waals surface area (Å²) in [4.78, 5) is 0. The molecular formula is C21H36O4. The third kappa shape index (κ3) is 12.0. The third-order valence-corrected chi connectivity index (χ3v) is 3.89. The Balaban J connectivity index is 2.15. The molecule has 1 atom stereocenters. The molecule has 0 amide bonds. The van der Waals surface area contributed by atoms with Crippen molar-refractivity contribution in [1.82, 2.24) is 0 Å². The van der Waals surface area contributed by atoms with Crippen molar-refractivity contribution in [3.8, 4) is 5.75 Å².